The maximum atomic E-state index is 12.4. The highest BCUT2D eigenvalue weighted by Gasteiger charge is 2.17. The molecular weight excluding hydrogens is 753 g/mol. The quantitative estimate of drug-likeness (QED) is 0.0749. The molecule has 0 atom stereocenters. The van der Waals surface area contributed by atoms with Gasteiger partial charge in [-0.1, -0.05) is 61.2 Å². The van der Waals surface area contributed by atoms with Crippen LogP contribution in [0.4, 0.5) is 5.69 Å². The van der Waals surface area contributed by atoms with Gasteiger partial charge in [-0.05, 0) is 54.4 Å². The number of oxazole rings is 1. The number of thiophene rings is 1. The number of hydrogen-bond donors (Lipinski definition) is 1. The predicted octanol–water partition coefficient (Wildman–Crippen LogP) is 9.77. The van der Waals surface area contributed by atoms with Gasteiger partial charge in [0.2, 0.25) is 11.8 Å². The van der Waals surface area contributed by atoms with Crippen LogP contribution in [0.2, 0.25) is 0 Å². The Morgan fingerprint density at radius 1 is 0.945 bits per heavy atom. The summed E-state index contributed by atoms with van der Waals surface area (Å²) in [5, 5.41) is 8.85. The molecule has 0 aliphatic carbocycles. The monoisotopic (exact) mass is 796 g/mol. The number of thiazole rings is 1. The number of hydrogen-bond acceptors (Lipinski definition) is 12. The molecule has 4 aromatic heterocycles. The number of allylic oxidation sites excluding steroid dienone is 1. The van der Waals surface area contributed by atoms with Gasteiger partial charge in [0.25, 0.3) is 0 Å². The lowest BCUT2D eigenvalue weighted by Gasteiger charge is -2.19. The zero-order chi connectivity index (χ0) is 38.6. The van der Waals surface area contributed by atoms with Crippen molar-refractivity contribution >= 4 is 57.1 Å². The first-order valence-corrected chi connectivity index (χ1v) is 20.2. The van der Waals surface area contributed by atoms with Crippen molar-refractivity contribution < 1.29 is 24.8 Å². The van der Waals surface area contributed by atoms with Gasteiger partial charge < -0.3 is 28.5 Å². The number of thioether (sulfide) groups is 1. The number of methoxy groups -OCH3 is 3. The third-order valence-corrected chi connectivity index (χ3v) is 11.1. The van der Waals surface area contributed by atoms with E-state index in [1.807, 2.05) is 96.1 Å². The zero-order valence-electron chi connectivity index (χ0n) is 31.1. The van der Waals surface area contributed by atoms with Crippen LogP contribution in [-0.4, -0.2) is 64.7 Å². The number of likely N-dealkylation sites (N-methyl/N-ethyl adjacent to an activating group) is 1. The summed E-state index contributed by atoms with van der Waals surface area (Å²) in [6, 6.07) is 25.3. The van der Waals surface area contributed by atoms with Crippen molar-refractivity contribution in [2.75, 3.05) is 39.7 Å². The van der Waals surface area contributed by atoms with Gasteiger partial charge in [-0.3, -0.25) is 9.69 Å². The van der Waals surface area contributed by atoms with Gasteiger partial charge in [0, 0.05) is 25.6 Å². The summed E-state index contributed by atoms with van der Waals surface area (Å²) in [5.74, 6) is 3.30. The Hall–Kier alpha value is -5.41. The van der Waals surface area contributed by atoms with Gasteiger partial charge >= 0.3 is 0 Å². The lowest BCUT2D eigenvalue weighted by molar-refractivity contribution is -0.117. The maximum Gasteiger partial charge on any atom is 0.238 e. The van der Waals surface area contributed by atoms with Crippen LogP contribution in [0, 0.1) is 0 Å². The Balaban J connectivity index is 0.000000212. The second kappa shape index (κ2) is 19.3. The summed E-state index contributed by atoms with van der Waals surface area (Å²) < 4.78 is 23.9. The molecule has 14 heteroatoms. The summed E-state index contributed by atoms with van der Waals surface area (Å²) >= 11 is 4.87. The van der Waals surface area contributed by atoms with E-state index >= 15 is 0 Å². The fourth-order valence-electron chi connectivity index (χ4n) is 5.70. The molecule has 55 heavy (non-hydrogen) atoms. The van der Waals surface area contributed by atoms with Crippen LogP contribution in [0.25, 0.3) is 32.4 Å². The minimum absolute atomic E-state index is 0. The second-order valence-electron chi connectivity index (χ2n) is 11.9. The van der Waals surface area contributed by atoms with Crippen LogP contribution < -0.4 is 19.5 Å². The number of imidazole rings is 1. The SMILES string of the molecule is C=CCn1c(SCc2csc(-c3cccc(OC)c3OC)n2)nc2ccccc21.CCN(CC(=O)Nc1ccccc1OC)Cc1coc(-c2cccs2)n1.[HH]. The van der Waals surface area contributed by atoms with Crippen LogP contribution in [-0.2, 0) is 23.6 Å². The molecule has 0 aliphatic heterocycles. The van der Waals surface area contributed by atoms with Gasteiger partial charge in [0.15, 0.2) is 16.7 Å². The molecule has 0 radical (unpaired) electrons. The Bertz CT molecular complexity index is 2320. The van der Waals surface area contributed by atoms with E-state index in [2.05, 4.69) is 32.9 Å². The first-order valence-electron chi connectivity index (χ1n) is 17.4. The summed E-state index contributed by atoms with van der Waals surface area (Å²) in [4.78, 5) is 29.5. The molecular formula is C41H44N6O5S3. The van der Waals surface area contributed by atoms with Crippen LogP contribution in [0.5, 0.6) is 17.2 Å². The number of ether oxygens (including phenoxy) is 3. The van der Waals surface area contributed by atoms with Crippen molar-refractivity contribution in [3.05, 3.63) is 120 Å². The standard InChI is InChI=1S/C22H21N3O2S2.C19H21N3O3S.H2/c1-4-12-25-18-10-6-5-9-17(18)24-22(25)29-14-15-13-28-21(23-15)16-8-7-11-19(26-2)20(16)27-3;1-3-22(11-14-13-25-19(20-14)17-9-6-10-26-17)12-18(23)21-15-7-4-5-8-16(15)24-2;/h4-11,13H,1,12,14H2,2-3H3;4-10,13H,3,11-12H2,1-2H3,(H,21,23);1H. The fourth-order valence-corrected chi connectivity index (χ4v) is 8.22. The molecule has 286 valence electrons. The molecule has 0 unspecified atom stereocenters. The molecule has 4 heterocycles. The lowest BCUT2D eigenvalue weighted by Crippen LogP contribution is -2.32. The Labute approximate surface area is 334 Å². The maximum absolute atomic E-state index is 12.4. The number of carbonyl (C=O) groups is 1. The highest BCUT2D eigenvalue weighted by molar-refractivity contribution is 7.98. The number of carbonyl (C=O) groups excluding carboxylic acids is 1. The van der Waals surface area contributed by atoms with E-state index in [9.17, 15) is 4.79 Å². The summed E-state index contributed by atoms with van der Waals surface area (Å²) in [6.45, 7) is 8.15. The molecule has 7 aromatic rings. The number of benzene rings is 3. The summed E-state index contributed by atoms with van der Waals surface area (Å²) in [5.41, 5.74) is 5.54. The predicted molar refractivity (Wildman–Crippen MR) is 225 cm³/mol. The molecule has 0 saturated heterocycles. The second-order valence-corrected chi connectivity index (χ2v) is 14.7. The van der Waals surface area contributed by atoms with Gasteiger partial charge in [0.1, 0.15) is 17.0 Å². The van der Waals surface area contributed by atoms with E-state index in [-0.39, 0.29) is 13.9 Å². The average Bonchev–Trinajstić information content (AvgIpc) is 4.05. The van der Waals surface area contributed by atoms with Crippen molar-refractivity contribution in [2.24, 2.45) is 0 Å². The molecule has 0 bridgehead atoms. The normalized spacial score (nSPS) is 10.9. The molecule has 1 N–H and O–H groups in total. The molecule has 1 amide bonds. The Kier molecular flexibility index (Phi) is 13.8. The van der Waals surface area contributed by atoms with E-state index in [0.717, 1.165) is 61.9 Å². The van der Waals surface area contributed by atoms with Gasteiger partial charge in [-0.2, -0.15) is 0 Å². The number of para-hydroxylation sites is 5. The molecule has 0 spiro atoms. The van der Waals surface area contributed by atoms with Gasteiger partial charge in [-0.25, -0.2) is 15.0 Å². The zero-order valence-corrected chi connectivity index (χ0v) is 33.5. The summed E-state index contributed by atoms with van der Waals surface area (Å²) in [6.07, 6.45) is 3.55. The molecule has 11 nitrogen and oxygen atoms in total. The Morgan fingerprint density at radius 2 is 1.75 bits per heavy atom. The van der Waals surface area contributed by atoms with Crippen LogP contribution in [0.3, 0.4) is 0 Å². The van der Waals surface area contributed by atoms with Crippen molar-refractivity contribution in [1.29, 1.82) is 0 Å². The minimum atomic E-state index is -0.0988. The van der Waals surface area contributed by atoms with Crippen molar-refractivity contribution in [3.8, 4) is 38.6 Å². The first-order chi connectivity index (χ1) is 26.9. The highest BCUT2D eigenvalue weighted by atomic mass is 32.2. The number of rotatable bonds is 16. The Morgan fingerprint density at radius 3 is 2.51 bits per heavy atom. The highest BCUT2D eigenvalue weighted by Crippen LogP contribution is 2.39. The molecule has 0 saturated carbocycles. The van der Waals surface area contributed by atoms with Crippen molar-refractivity contribution in [2.45, 2.75) is 30.9 Å². The largest absolute Gasteiger partial charge is 0.495 e. The number of nitrogens with one attached hydrogen (secondary N) is 1. The van der Waals surface area contributed by atoms with Crippen LogP contribution in [0.1, 0.15) is 19.7 Å². The van der Waals surface area contributed by atoms with Gasteiger partial charge in [-0.15, -0.1) is 29.3 Å². The van der Waals surface area contributed by atoms with E-state index < -0.39 is 0 Å². The molecule has 3 aromatic carbocycles. The van der Waals surface area contributed by atoms with Crippen molar-refractivity contribution in [1.82, 2.24) is 24.4 Å². The third kappa shape index (κ3) is 9.83. The number of aromatic nitrogens is 4. The molecule has 7 rings (SSSR count). The molecule has 0 aliphatic rings. The number of amides is 1. The smallest absolute Gasteiger partial charge is 0.238 e. The summed E-state index contributed by atoms with van der Waals surface area (Å²) in [7, 11) is 4.87. The number of fused-ring (bicyclic) bond motifs is 1. The average molecular weight is 797 g/mol. The first kappa shape index (κ1) is 39.3. The van der Waals surface area contributed by atoms with E-state index in [1.165, 1.54) is 0 Å². The van der Waals surface area contributed by atoms with E-state index in [4.69, 9.17) is 28.6 Å². The number of anilines is 1. The van der Waals surface area contributed by atoms with Crippen LogP contribution in [0.15, 0.2) is 118 Å². The van der Waals surface area contributed by atoms with Crippen LogP contribution >= 0.6 is 34.4 Å². The number of nitrogens with zero attached hydrogens (tertiary/aromatic N) is 5. The van der Waals surface area contributed by atoms with E-state index in [1.54, 1.807) is 62.0 Å². The lowest BCUT2D eigenvalue weighted by atomic mass is 10.2. The molecule has 0 fully saturated rings. The minimum Gasteiger partial charge on any atom is -0.495 e. The fraction of sp³-hybridized carbons (Fsp3) is 0.220. The topological polar surface area (TPSA) is 117 Å². The van der Waals surface area contributed by atoms with E-state index in [0.29, 0.717) is 35.4 Å². The van der Waals surface area contributed by atoms with Gasteiger partial charge in [0.05, 0.1) is 66.4 Å². The van der Waals surface area contributed by atoms with Crippen molar-refractivity contribution in [3.63, 3.8) is 0 Å². The third-order valence-electron chi connectivity index (χ3n) is 8.33.